The first kappa shape index (κ1) is 10.7. The fourth-order valence-corrected chi connectivity index (χ4v) is 2.39. The second kappa shape index (κ2) is 4.01. The van der Waals surface area contributed by atoms with Crippen molar-refractivity contribution in [2.75, 3.05) is 6.54 Å². The predicted octanol–water partition coefficient (Wildman–Crippen LogP) is 2.84. The maximum absolute atomic E-state index is 2.56. The molecule has 0 fully saturated rings. The molecular weight excluding hydrogens is 184 g/mol. The molecule has 0 unspecified atom stereocenters. The molecule has 0 amide bonds. The van der Waals surface area contributed by atoms with E-state index in [4.69, 9.17) is 0 Å². The number of hydrogen-bond acceptors (Lipinski definition) is 1. The normalized spacial score (nSPS) is 17.5. The number of rotatable bonds is 2. The van der Waals surface area contributed by atoms with Crippen molar-refractivity contribution >= 4 is 0 Å². The third-order valence-electron chi connectivity index (χ3n) is 3.45. The van der Waals surface area contributed by atoms with E-state index in [0.717, 1.165) is 13.1 Å². The van der Waals surface area contributed by atoms with Crippen molar-refractivity contribution in [3.63, 3.8) is 0 Å². The molecule has 2 heteroatoms. The van der Waals surface area contributed by atoms with Gasteiger partial charge in [0.25, 0.3) is 0 Å². The fraction of sp³-hybridized carbons (Fsp3) is 0.692. The first-order chi connectivity index (χ1) is 7.09. The Morgan fingerprint density at radius 3 is 2.47 bits per heavy atom. The Morgan fingerprint density at radius 2 is 1.87 bits per heavy atom. The molecule has 0 saturated carbocycles. The van der Waals surface area contributed by atoms with E-state index in [-0.39, 0.29) is 0 Å². The SMILES string of the molecule is CC(C)c1ccn2c1CN(C(C)C)CC2. The standard InChI is InChI=1S/C13H22N2/c1-10(2)12-5-6-14-7-8-15(11(3)4)9-13(12)14/h5-6,10-11H,7-9H2,1-4H3. The molecule has 1 aliphatic heterocycles. The maximum Gasteiger partial charge on any atom is 0.0393 e. The summed E-state index contributed by atoms with van der Waals surface area (Å²) in [6.45, 7) is 12.6. The van der Waals surface area contributed by atoms with Gasteiger partial charge >= 0.3 is 0 Å². The van der Waals surface area contributed by atoms with Crippen molar-refractivity contribution in [3.8, 4) is 0 Å². The highest BCUT2D eigenvalue weighted by molar-refractivity contribution is 5.26. The van der Waals surface area contributed by atoms with Crippen LogP contribution >= 0.6 is 0 Å². The van der Waals surface area contributed by atoms with E-state index in [1.165, 1.54) is 17.8 Å². The molecule has 1 aromatic rings. The smallest absolute Gasteiger partial charge is 0.0393 e. The van der Waals surface area contributed by atoms with Gasteiger partial charge in [-0.3, -0.25) is 4.90 Å². The molecule has 2 nitrogen and oxygen atoms in total. The Morgan fingerprint density at radius 1 is 1.13 bits per heavy atom. The van der Waals surface area contributed by atoms with E-state index in [0.29, 0.717) is 12.0 Å². The van der Waals surface area contributed by atoms with Crippen molar-refractivity contribution in [1.29, 1.82) is 0 Å². The van der Waals surface area contributed by atoms with E-state index in [9.17, 15) is 0 Å². The largest absolute Gasteiger partial charge is 0.349 e. The summed E-state index contributed by atoms with van der Waals surface area (Å²) in [5.74, 6) is 0.647. The van der Waals surface area contributed by atoms with Gasteiger partial charge in [0.2, 0.25) is 0 Å². The molecule has 0 N–H and O–H groups in total. The molecule has 2 heterocycles. The van der Waals surface area contributed by atoms with Crippen molar-refractivity contribution in [3.05, 3.63) is 23.5 Å². The van der Waals surface area contributed by atoms with E-state index in [1.807, 2.05) is 0 Å². The van der Waals surface area contributed by atoms with Crippen molar-refractivity contribution < 1.29 is 0 Å². The lowest BCUT2D eigenvalue weighted by molar-refractivity contribution is 0.176. The number of hydrogen-bond donors (Lipinski definition) is 0. The molecular formula is C13H22N2. The summed E-state index contributed by atoms with van der Waals surface area (Å²) < 4.78 is 2.42. The quantitative estimate of drug-likeness (QED) is 0.722. The predicted molar refractivity (Wildman–Crippen MR) is 64.1 cm³/mol. The second-order valence-electron chi connectivity index (χ2n) is 5.13. The Hall–Kier alpha value is -0.760. The van der Waals surface area contributed by atoms with Gasteiger partial charge in [-0.15, -0.1) is 0 Å². The minimum Gasteiger partial charge on any atom is -0.349 e. The molecule has 1 aliphatic rings. The Bertz CT molecular complexity index is 336. The molecule has 0 radical (unpaired) electrons. The van der Waals surface area contributed by atoms with Gasteiger partial charge in [-0.05, 0) is 31.4 Å². The lowest BCUT2D eigenvalue weighted by Gasteiger charge is -2.32. The van der Waals surface area contributed by atoms with E-state index in [2.05, 4.69) is 49.4 Å². The monoisotopic (exact) mass is 206 g/mol. The second-order valence-corrected chi connectivity index (χ2v) is 5.13. The van der Waals surface area contributed by atoms with Crippen LogP contribution in [0.5, 0.6) is 0 Å². The van der Waals surface area contributed by atoms with Crippen molar-refractivity contribution in [2.24, 2.45) is 0 Å². The lowest BCUT2D eigenvalue weighted by Crippen LogP contribution is -2.38. The van der Waals surface area contributed by atoms with E-state index >= 15 is 0 Å². The third-order valence-corrected chi connectivity index (χ3v) is 3.45. The van der Waals surface area contributed by atoms with Gasteiger partial charge < -0.3 is 4.57 Å². The van der Waals surface area contributed by atoms with Crippen LogP contribution in [0, 0.1) is 0 Å². The highest BCUT2D eigenvalue weighted by atomic mass is 15.2. The Balaban J connectivity index is 2.26. The van der Waals surface area contributed by atoms with Gasteiger partial charge in [-0.1, -0.05) is 13.8 Å². The first-order valence-corrected chi connectivity index (χ1v) is 6.01. The summed E-state index contributed by atoms with van der Waals surface area (Å²) in [6, 6.07) is 2.96. The van der Waals surface area contributed by atoms with Crippen LogP contribution in [-0.4, -0.2) is 22.1 Å². The Labute approximate surface area is 92.9 Å². The molecule has 0 spiro atoms. The summed E-state index contributed by atoms with van der Waals surface area (Å²) >= 11 is 0. The first-order valence-electron chi connectivity index (χ1n) is 6.01. The molecule has 2 rings (SSSR count). The zero-order valence-electron chi connectivity index (χ0n) is 10.3. The molecule has 0 aliphatic carbocycles. The Kier molecular flexibility index (Phi) is 2.87. The number of aromatic nitrogens is 1. The molecule has 15 heavy (non-hydrogen) atoms. The van der Waals surface area contributed by atoms with Crippen LogP contribution in [0.1, 0.15) is 44.9 Å². The summed E-state index contributed by atoms with van der Waals surface area (Å²) in [5, 5.41) is 0. The van der Waals surface area contributed by atoms with Gasteiger partial charge in [0.05, 0.1) is 0 Å². The maximum atomic E-state index is 2.56. The van der Waals surface area contributed by atoms with Crippen LogP contribution in [0.15, 0.2) is 12.3 Å². The van der Waals surface area contributed by atoms with Gasteiger partial charge in [-0.2, -0.15) is 0 Å². The zero-order chi connectivity index (χ0) is 11.0. The molecule has 1 aromatic heterocycles. The lowest BCUT2D eigenvalue weighted by atomic mass is 10.0. The van der Waals surface area contributed by atoms with Crippen molar-refractivity contribution in [1.82, 2.24) is 9.47 Å². The molecule has 0 saturated heterocycles. The molecule has 0 bridgehead atoms. The fourth-order valence-electron chi connectivity index (χ4n) is 2.39. The van der Waals surface area contributed by atoms with Crippen LogP contribution in [0.4, 0.5) is 0 Å². The van der Waals surface area contributed by atoms with Gasteiger partial charge in [0, 0.05) is 37.6 Å². The van der Waals surface area contributed by atoms with Gasteiger partial charge in [0.1, 0.15) is 0 Å². The van der Waals surface area contributed by atoms with Crippen LogP contribution in [0.2, 0.25) is 0 Å². The minimum atomic E-state index is 0.647. The topological polar surface area (TPSA) is 8.17 Å². The number of fused-ring (bicyclic) bond motifs is 1. The molecule has 0 aromatic carbocycles. The van der Waals surface area contributed by atoms with Crippen LogP contribution in [-0.2, 0) is 13.1 Å². The van der Waals surface area contributed by atoms with Crippen LogP contribution < -0.4 is 0 Å². The molecule has 84 valence electrons. The average Bonchev–Trinajstić information content (AvgIpc) is 2.59. The number of nitrogens with zero attached hydrogens (tertiary/aromatic N) is 2. The van der Waals surface area contributed by atoms with Gasteiger partial charge in [0.15, 0.2) is 0 Å². The van der Waals surface area contributed by atoms with Crippen molar-refractivity contribution in [2.45, 2.75) is 52.7 Å². The summed E-state index contributed by atoms with van der Waals surface area (Å²) in [6.07, 6.45) is 2.25. The highest BCUT2D eigenvalue weighted by Crippen LogP contribution is 2.25. The minimum absolute atomic E-state index is 0.647. The van der Waals surface area contributed by atoms with E-state index < -0.39 is 0 Å². The third kappa shape index (κ3) is 1.96. The van der Waals surface area contributed by atoms with E-state index in [1.54, 1.807) is 0 Å². The van der Waals surface area contributed by atoms with Gasteiger partial charge in [-0.25, -0.2) is 0 Å². The zero-order valence-corrected chi connectivity index (χ0v) is 10.3. The summed E-state index contributed by atoms with van der Waals surface area (Å²) in [5.41, 5.74) is 3.06. The summed E-state index contributed by atoms with van der Waals surface area (Å²) in [4.78, 5) is 2.56. The average molecular weight is 206 g/mol. The molecule has 0 atom stereocenters. The van der Waals surface area contributed by atoms with Crippen LogP contribution in [0.3, 0.4) is 0 Å². The highest BCUT2D eigenvalue weighted by Gasteiger charge is 2.21. The summed E-state index contributed by atoms with van der Waals surface area (Å²) in [7, 11) is 0. The van der Waals surface area contributed by atoms with Crippen LogP contribution in [0.25, 0.3) is 0 Å².